The number of para-hydroxylation sites is 1. The highest BCUT2D eigenvalue weighted by Gasteiger charge is 2.15. The van der Waals surface area contributed by atoms with E-state index in [1.54, 1.807) is 24.3 Å². The predicted molar refractivity (Wildman–Crippen MR) is 92.6 cm³/mol. The van der Waals surface area contributed by atoms with Gasteiger partial charge < -0.3 is 0 Å². The molecule has 0 fully saturated rings. The van der Waals surface area contributed by atoms with Crippen molar-refractivity contribution in [1.29, 1.82) is 0 Å². The van der Waals surface area contributed by atoms with E-state index in [1.165, 1.54) is 11.3 Å². The van der Waals surface area contributed by atoms with Crippen molar-refractivity contribution in [3.05, 3.63) is 64.1 Å². The van der Waals surface area contributed by atoms with Gasteiger partial charge in [0.1, 0.15) is 10.7 Å². The van der Waals surface area contributed by atoms with E-state index in [0.29, 0.717) is 21.3 Å². The molecule has 0 bridgehead atoms. The van der Waals surface area contributed by atoms with E-state index in [9.17, 15) is 8.42 Å². The molecule has 23 heavy (non-hydrogen) atoms. The quantitative estimate of drug-likeness (QED) is 0.521. The topological polar surface area (TPSA) is 68.6 Å². The number of oxime groups is 1. The van der Waals surface area contributed by atoms with Crippen LogP contribution in [0.4, 0.5) is 0 Å². The largest absolute Gasteiger partial charge is 0.325 e. The third kappa shape index (κ3) is 3.87. The summed E-state index contributed by atoms with van der Waals surface area (Å²) in [6, 6.07) is 14.5. The first-order valence-electron chi connectivity index (χ1n) is 6.51. The first kappa shape index (κ1) is 15.9. The average Bonchev–Trinajstić information content (AvgIpc) is 2.91. The molecule has 2 aromatic carbocycles. The summed E-state index contributed by atoms with van der Waals surface area (Å²) in [6.45, 7) is 0. The van der Waals surface area contributed by atoms with Gasteiger partial charge in [0.05, 0.1) is 16.5 Å². The van der Waals surface area contributed by atoms with Gasteiger partial charge in [0.25, 0.3) is 0 Å². The Kier molecular flexibility index (Phi) is 4.34. The molecule has 3 aromatic rings. The zero-order chi connectivity index (χ0) is 16.4. The summed E-state index contributed by atoms with van der Waals surface area (Å²) in [5, 5.41) is 4.93. The second kappa shape index (κ2) is 6.27. The number of benzene rings is 2. The van der Waals surface area contributed by atoms with Gasteiger partial charge in [-0.15, -0.1) is 11.3 Å². The molecule has 8 heteroatoms. The Morgan fingerprint density at radius 3 is 2.52 bits per heavy atom. The molecule has 5 nitrogen and oxygen atoms in total. The van der Waals surface area contributed by atoms with Crippen molar-refractivity contribution in [2.45, 2.75) is 0 Å². The molecule has 3 rings (SSSR count). The van der Waals surface area contributed by atoms with Gasteiger partial charge in [-0.1, -0.05) is 41.0 Å². The number of hydrogen-bond acceptors (Lipinski definition) is 6. The molecule has 0 N–H and O–H groups in total. The van der Waals surface area contributed by atoms with Crippen LogP contribution < -0.4 is 0 Å². The summed E-state index contributed by atoms with van der Waals surface area (Å²) >= 11 is 7.30. The Morgan fingerprint density at radius 2 is 1.87 bits per heavy atom. The van der Waals surface area contributed by atoms with Gasteiger partial charge in [-0.05, 0) is 24.3 Å². The lowest BCUT2D eigenvalue weighted by Gasteiger charge is -2.03. The van der Waals surface area contributed by atoms with Crippen molar-refractivity contribution in [2.75, 3.05) is 6.26 Å². The van der Waals surface area contributed by atoms with E-state index in [0.717, 1.165) is 16.5 Å². The lowest BCUT2D eigenvalue weighted by Crippen LogP contribution is -2.06. The van der Waals surface area contributed by atoms with Gasteiger partial charge in [-0.3, -0.25) is 4.28 Å². The molecule has 0 unspecified atom stereocenters. The van der Waals surface area contributed by atoms with Gasteiger partial charge in [-0.2, -0.15) is 8.42 Å². The fourth-order valence-corrected chi connectivity index (χ4v) is 3.21. The zero-order valence-electron chi connectivity index (χ0n) is 11.9. The van der Waals surface area contributed by atoms with Gasteiger partial charge >= 0.3 is 10.1 Å². The van der Waals surface area contributed by atoms with Crippen LogP contribution in [0.25, 0.3) is 10.2 Å². The molecule has 0 saturated heterocycles. The zero-order valence-corrected chi connectivity index (χ0v) is 14.3. The number of hydrogen-bond donors (Lipinski definition) is 0. The third-order valence-corrected chi connectivity index (χ3v) is 4.52. The van der Waals surface area contributed by atoms with Crippen LogP contribution >= 0.6 is 22.9 Å². The lowest BCUT2D eigenvalue weighted by molar-refractivity contribution is 0.343. The number of rotatable bonds is 4. The third-order valence-electron chi connectivity index (χ3n) is 2.88. The first-order valence-corrected chi connectivity index (χ1v) is 9.52. The maximum absolute atomic E-state index is 11.3. The molecular formula is C15H11ClN2O3S2. The molecule has 0 atom stereocenters. The predicted octanol–water partition coefficient (Wildman–Crippen LogP) is 3.68. The summed E-state index contributed by atoms with van der Waals surface area (Å²) in [5.74, 6) is 0. The number of aromatic nitrogens is 1. The van der Waals surface area contributed by atoms with Crippen molar-refractivity contribution in [1.82, 2.24) is 4.98 Å². The molecule has 1 aromatic heterocycles. The molecule has 0 saturated carbocycles. The Labute approximate surface area is 142 Å². The number of fused-ring (bicyclic) bond motifs is 1. The van der Waals surface area contributed by atoms with Crippen LogP contribution in [0.3, 0.4) is 0 Å². The Balaban J connectivity index is 2.12. The molecule has 0 aliphatic rings. The number of nitrogens with zero attached hydrogens (tertiary/aromatic N) is 2. The monoisotopic (exact) mass is 366 g/mol. The maximum Gasteiger partial charge on any atom is 0.325 e. The average molecular weight is 367 g/mol. The van der Waals surface area contributed by atoms with Gasteiger partial charge in [0.15, 0.2) is 0 Å². The van der Waals surface area contributed by atoms with E-state index in [2.05, 4.69) is 14.4 Å². The molecule has 0 aliphatic heterocycles. The summed E-state index contributed by atoms with van der Waals surface area (Å²) in [5.41, 5.74) is 1.82. The van der Waals surface area contributed by atoms with Crippen LogP contribution in [0.15, 0.2) is 53.7 Å². The van der Waals surface area contributed by atoms with Crippen molar-refractivity contribution in [3.63, 3.8) is 0 Å². The summed E-state index contributed by atoms with van der Waals surface area (Å²) in [7, 11) is -3.71. The molecule has 0 amide bonds. The number of halogens is 1. The van der Waals surface area contributed by atoms with Gasteiger partial charge in [0, 0.05) is 10.6 Å². The smallest absolute Gasteiger partial charge is 0.268 e. The SMILES string of the molecule is CS(=O)(=O)O/N=C(\c1ccc(Cl)cc1)c1nc2ccccc2s1. The van der Waals surface area contributed by atoms with E-state index in [4.69, 9.17) is 11.6 Å². The van der Waals surface area contributed by atoms with Crippen LogP contribution in [0.2, 0.25) is 5.02 Å². The Hall–Kier alpha value is -1.96. The number of thiazole rings is 1. The van der Waals surface area contributed by atoms with E-state index < -0.39 is 10.1 Å². The van der Waals surface area contributed by atoms with Crippen LogP contribution in [0, 0.1) is 0 Å². The minimum absolute atomic E-state index is 0.341. The molecule has 1 heterocycles. The molecule has 0 aliphatic carbocycles. The van der Waals surface area contributed by atoms with Gasteiger partial charge in [0.2, 0.25) is 0 Å². The lowest BCUT2D eigenvalue weighted by atomic mass is 10.1. The normalized spacial score (nSPS) is 12.5. The highest BCUT2D eigenvalue weighted by Crippen LogP contribution is 2.25. The standard InChI is InChI=1S/C15H11ClN2O3S2/c1-23(19,20)21-18-14(10-6-8-11(16)9-7-10)15-17-12-4-2-3-5-13(12)22-15/h2-9H,1H3/b18-14+. The van der Waals surface area contributed by atoms with Crippen LogP contribution in [0.1, 0.15) is 10.6 Å². The van der Waals surface area contributed by atoms with E-state index in [1.807, 2.05) is 24.3 Å². The molecule has 118 valence electrons. The summed E-state index contributed by atoms with van der Waals surface area (Å²) in [4.78, 5) is 4.49. The Bertz CT molecular complexity index is 946. The highest BCUT2D eigenvalue weighted by atomic mass is 35.5. The van der Waals surface area contributed by atoms with E-state index >= 15 is 0 Å². The summed E-state index contributed by atoms with van der Waals surface area (Å²) in [6.07, 6.45) is 0.939. The highest BCUT2D eigenvalue weighted by molar-refractivity contribution is 7.85. The Morgan fingerprint density at radius 1 is 1.17 bits per heavy atom. The van der Waals surface area contributed by atoms with Crippen molar-refractivity contribution in [3.8, 4) is 0 Å². The maximum atomic E-state index is 11.3. The second-order valence-corrected chi connectivity index (χ2v) is 7.74. The van der Waals surface area contributed by atoms with Gasteiger partial charge in [-0.25, -0.2) is 4.98 Å². The minimum atomic E-state index is -3.71. The first-order chi connectivity index (χ1) is 10.9. The molecule has 0 spiro atoms. The minimum Gasteiger partial charge on any atom is -0.268 e. The van der Waals surface area contributed by atoms with Crippen molar-refractivity contribution in [2.24, 2.45) is 5.16 Å². The molecular weight excluding hydrogens is 356 g/mol. The fourth-order valence-electron chi connectivity index (χ4n) is 1.90. The second-order valence-electron chi connectivity index (χ2n) is 4.71. The van der Waals surface area contributed by atoms with Crippen LogP contribution in [-0.4, -0.2) is 25.4 Å². The van der Waals surface area contributed by atoms with Crippen LogP contribution in [0.5, 0.6) is 0 Å². The summed E-state index contributed by atoms with van der Waals surface area (Å²) < 4.78 is 28.1. The fraction of sp³-hybridized carbons (Fsp3) is 0.0667. The van der Waals surface area contributed by atoms with Crippen LogP contribution in [-0.2, 0) is 14.4 Å². The van der Waals surface area contributed by atoms with E-state index in [-0.39, 0.29) is 0 Å². The molecule has 0 radical (unpaired) electrons. The van der Waals surface area contributed by atoms with Crippen molar-refractivity contribution >= 4 is 49.0 Å². The van der Waals surface area contributed by atoms with Crippen molar-refractivity contribution < 1.29 is 12.7 Å².